The third-order valence-electron chi connectivity index (χ3n) is 2.12. The fraction of sp³-hybridized carbons (Fsp3) is 0.364. The second-order valence-corrected chi connectivity index (χ2v) is 3.59. The van der Waals surface area contributed by atoms with Gasteiger partial charge in [0.15, 0.2) is 11.0 Å². The van der Waals surface area contributed by atoms with Crippen molar-refractivity contribution in [3.63, 3.8) is 0 Å². The third kappa shape index (κ3) is 3.16. The van der Waals surface area contributed by atoms with Gasteiger partial charge in [-0.2, -0.15) is 0 Å². The monoisotopic (exact) mass is 275 g/mol. The van der Waals surface area contributed by atoms with Crippen LogP contribution >= 0.6 is 11.6 Å². The summed E-state index contributed by atoms with van der Waals surface area (Å²) in [6, 6.07) is 0. The molecule has 0 unspecified atom stereocenters. The molecule has 0 aromatic carbocycles. The van der Waals surface area contributed by atoms with Gasteiger partial charge in [-0.1, -0.05) is 11.6 Å². The van der Waals surface area contributed by atoms with Crippen molar-refractivity contribution in [3.05, 3.63) is 28.3 Å². The molecule has 1 rings (SSSR count). The Hall–Kier alpha value is -1.69. The van der Waals surface area contributed by atoms with Gasteiger partial charge in [0, 0.05) is 11.8 Å². The Labute approximate surface area is 108 Å². The number of methoxy groups -OCH3 is 1. The lowest BCUT2D eigenvalue weighted by molar-refractivity contribution is -0.139. The summed E-state index contributed by atoms with van der Waals surface area (Å²) in [5.41, 5.74) is -0.315. The number of ether oxygens (including phenoxy) is 2. The first-order valence-electron chi connectivity index (χ1n) is 5.08. The van der Waals surface area contributed by atoms with Gasteiger partial charge >= 0.3 is 11.9 Å². The predicted molar refractivity (Wildman–Crippen MR) is 60.9 cm³/mol. The minimum Gasteiger partial charge on any atom is -0.469 e. The average Bonchev–Trinajstić information content (AvgIpc) is 2.35. The molecule has 1 aromatic heterocycles. The van der Waals surface area contributed by atoms with E-state index in [1.165, 1.54) is 0 Å². The van der Waals surface area contributed by atoms with Crippen molar-refractivity contribution in [3.8, 4) is 0 Å². The molecule has 0 aliphatic rings. The van der Waals surface area contributed by atoms with Gasteiger partial charge in [0.25, 0.3) is 0 Å². The van der Waals surface area contributed by atoms with E-state index < -0.39 is 29.3 Å². The number of carbonyl (C=O) groups excluding carboxylic acids is 2. The highest BCUT2D eigenvalue weighted by atomic mass is 35.5. The minimum atomic E-state index is -0.924. The maximum Gasteiger partial charge on any atom is 0.340 e. The first-order chi connectivity index (χ1) is 8.51. The number of carbonyl (C=O) groups is 2. The van der Waals surface area contributed by atoms with Crippen molar-refractivity contribution in [2.45, 2.75) is 13.3 Å². The maximum absolute atomic E-state index is 13.7. The van der Waals surface area contributed by atoms with Gasteiger partial charge in [0.2, 0.25) is 0 Å². The van der Waals surface area contributed by atoms with Crippen molar-refractivity contribution < 1.29 is 23.5 Å². The molecular weight excluding hydrogens is 265 g/mol. The van der Waals surface area contributed by atoms with Crippen molar-refractivity contribution in [2.24, 2.45) is 0 Å². The molecule has 7 heteroatoms. The van der Waals surface area contributed by atoms with Crippen LogP contribution in [0.3, 0.4) is 0 Å². The van der Waals surface area contributed by atoms with Gasteiger partial charge in [0.05, 0.1) is 25.7 Å². The molecule has 1 aromatic rings. The zero-order valence-corrected chi connectivity index (χ0v) is 10.6. The zero-order valence-electron chi connectivity index (χ0n) is 9.83. The molecule has 0 radical (unpaired) electrons. The van der Waals surface area contributed by atoms with Crippen LogP contribution in [0.1, 0.15) is 22.8 Å². The van der Waals surface area contributed by atoms with E-state index in [1.54, 1.807) is 6.92 Å². The number of hydrogen-bond donors (Lipinski definition) is 0. The Balaban J connectivity index is 3.20. The first-order valence-corrected chi connectivity index (χ1v) is 5.45. The molecule has 0 saturated carbocycles. The van der Waals surface area contributed by atoms with Gasteiger partial charge in [0.1, 0.15) is 0 Å². The summed E-state index contributed by atoms with van der Waals surface area (Å²) in [5.74, 6) is -2.38. The zero-order chi connectivity index (χ0) is 13.7. The third-order valence-corrected chi connectivity index (χ3v) is 2.39. The van der Waals surface area contributed by atoms with Crippen LogP contribution in [0, 0.1) is 5.82 Å². The van der Waals surface area contributed by atoms with Gasteiger partial charge in [-0.25, -0.2) is 14.2 Å². The molecule has 0 saturated heterocycles. The van der Waals surface area contributed by atoms with Crippen LogP contribution in [0.25, 0.3) is 0 Å². The Morgan fingerprint density at radius 1 is 1.50 bits per heavy atom. The van der Waals surface area contributed by atoms with Crippen LogP contribution in [0.15, 0.2) is 6.20 Å². The molecule has 5 nitrogen and oxygen atoms in total. The summed E-state index contributed by atoms with van der Waals surface area (Å²) in [6.45, 7) is 1.73. The highest BCUT2D eigenvalue weighted by Gasteiger charge is 2.22. The Kier molecular flexibility index (Phi) is 5.03. The summed E-state index contributed by atoms with van der Waals surface area (Å²) in [6.07, 6.45) is 0.653. The Morgan fingerprint density at radius 3 is 2.72 bits per heavy atom. The van der Waals surface area contributed by atoms with Gasteiger partial charge in [-0.15, -0.1) is 0 Å². The topological polar surface area (TPSA) is 65.5 Å². The lowest BCUT2D eigenvalue weighted by Gasteiger charge is -2.09. The van der Waals surface area contributed by atoms with E-state index >= 15 is 0 Å². The predicted octanol–water partition coefficient (Wildman–Crippen LogP) is 1.77. The number of nitrogens with zero attached hydrogens (tertiary/aromatic N) is 1. The summed E-state index contributed by atoms with van der Waals surface area (Å²) in [4.78, 5) is 26.3. The van der Waals surface area contributed by atoms with E-state index in [4.69, 9.17) is 16.3 Å². The second-order valence-electron chi connectivity index (χ2n) is 3.23. The van der Waals surface area contributed by atoms with Crippen molar-refractivity contribution in [1.82, 2.24) is 4.98 Å². The minimum absolute atomic E-state index is 0.126. The fourth-order valence-electron chi connectivity index (χ4n) is 1.27. The van der Waals surface area contributed by atoms with Gasteiger partial charge in [-0.3, -0.25) is 4.79 Å². The Morgan fingerprint density at radius 2 is 2.17 bits per heavy atom. The van der Waals surface area contributed by atoms with Gasteiger partial charge < -0.3 is 9.47 Å². The molecule has 0 spiro atoms. The standard InChI is InChI=1S/C11H11ClFNO4/c1-3-18-11(16)7-5-14-10(12)9(13)6(7)4-8(15)17-2/h5H,3-4H2,1-2H3. The smallest absolute Gasteiger partial charge is 0.340 e. The summed E-state index contributed by atoms with van der Waals surface area (Å²) < 4.78 is 22.9. The molecular formula is C11H11ClFNO4. The molecule has 0 N–H and O–H groups in total. The van der Waals surface area contributed by atoms with Crippen molar-refractivity contribution in [1.29, 1.82) is 0 Å². The number of rotatable bonds is 4. The van der Waals surface area contributed by atoms with Crippen LogP contribution in [-0.2, 0) is 20.7 Å². The van der Waals surface area contributed by atoms with E-state index in [1.807, 2.05) is 0 Å². The van der Waals surface area contributed by atoms with Crippen LogP contribution in [-0.4, -0.2) is 30.6 Å². The van der Waals surface area contributed by atoms with Crippen LogP contribution in [0.2, 0.25) is 5.15 Å². The van der Waals surface area contributed by atoms with Crippen LogP contribution in [0.4, 0.5) is 4.39 Å². The first kappa shape index (κ1) is 14.4. The number of esters is 2. The van der Waals surface area contributed by atoms with Gasteiger partial charge in [-0.05, 0) is 6.92 Å². The quantitative estimate of drug-likeness (QED) is 0.619. The fourth-order valence-corrected chi connectivity index (χ4v) is 1.44. The second kappa shape index (κ2) is 6.30. The molecule has 0 aliphatic heterocycles. The lowest BCUT2D eigenvalue weighted by Crippen LogP contribution is -2.15. The van der Waals surface area contributed by atoms with Crippen molar-refractivity contribution in [2.75, 3.05) is 13.7 Å². The van der Waals surface area contributed by atoms with E-state index in [0.717, 1.165) is 13.3 Å². The number of hydrogen-bond acceptors (Lipinski definition) is 5. The van der Waals surface area contributed by atoms with E-state index in [9.17, 15) is 14.0 Å². The molecule has 98 valence electrons. The van der Waals surface area contributed by atoms with E-state index in [0.29, 0.717) is 0 Å². The highest BCUT2D eigenvalue weighted by Crippen LogP contribution is 2.21. The molecule has 0 atom stereocenters. The number of pyridine rings is 1. The van der Waals surface area contributed by atoms with Crippen molar-refractivity contribution >= 4 is 23.5 Å². The maximum atomic E-state index is 13.7. The molecule has 1 heterocycles. The SMILES string of the molecule is CCOC(=O)c1cnc(Cl)c(F)c1CC(=O)OC. The molecule has 0 fully saturated rings. The molecule has 18 heavy (non-hydrogen) atoms. The molecule has 0 bridgehead atoms. The summed E-state index contributed by atoms with van der Waals surface area (Å²) in [5, 5.41) is -0.415. The molecule has 0 amide bonds. The van der Waals surface area contributed by atoms with E-state index in [2.05, 4.69) is 9.72 Å². The number of aromatic nitrogens is 1. The van der Waals surface area contributed by atoms with E-state index in [-0.39, 0.29) is 17.7 Å². The molecule has 0 aliphatic carbocycles. The highest BCUT2D eigenvalue weighted by molar-refractivity contribution is 6.29. The largest absolute Gasteiger partial charge is 0.469 e. The average molecular weight is 276 g/mol. The Bertz CT molecular complexity index is 478. The summed E-state index contributed by atoms with van der Waals surface area (Å²) in [7, 11) is 1.16. The lowest BCUT2D eigenvalue weighted by atomic mass is 10.1. The van der Waals surface area contributed by atoms with Crippen LogP contribution in [0.5, 0.6) is 0 Å². The summed E-state index contributed by atoms with van der Waals surface area (Å²) >= 11 is 5.50. The normalized spacial score (nSPS) is 10.0. The van der Waals surface area contributed by atoms with Crippen LogP contribution < -0.4 is 0 Å². The number of halogens is 2.